The molecule has 1 N–H and O–H groups in total. The summed E-state index contributed by atoms with van der Waals surface area (Å²) >= 11 is 8.99. The van der Waals surface area contributed by atoms with Crippen molar-refractivity contribution in [1.29, 1.82) is 0 Å². The molecule has 0 fully saturated rings. The van der Waals surface area contributed by atoms with Crippen LogP contribution in [0.3, 0.4) is 0 Å². The summed E-state index contributed by atoms with van der Waals surface area (Å²) in [6.45, 7) is 1.99. The first kappa shape index (κ1) is 13.3. The summed E-state index contributed by atoms with van der Waals surface area (Å²) in [5, 5.41) is 3.72. The molecule has 2 nitrogen and oxygen atoms in total. The Morgan fingerprint density at radius 1 is 1.33 bits per heavy atom. The van der Waals surface area contributed by atoms with E-state index in [1.54, 1.807) is 24.4 Å². The number of rotatable bonds is 3. The fourth-order valence-corrected chi connectivity index (χ4v) is 2.18. The lowest BCUT2D eigenvalue weighted by Gasteiger charge is -2.16. The summed E-state index contributed by atoms with van der Waals surface area (Å²) in [6.07, 6.45) is 1.64. The molecule has 94 valence electrons. The number of hydrogen-bond donors (Lipinski definition) is 1. The SMILES string of the molecule is CC(Nc1ccnc(Cl)c1)c1ccc(F)c(Br)c1. The Hall–Kier alpha value is -1.13. The van der Waals surface area contributed by atoms with Crippen LogP contribution in [-0.2, 0) is 0 Å². The van der Waals surface area contributed by atoms with E-state index < -0.39 is 0 Å². The minimum atomic E-state index is -0.266. The van der Waals surface area contributed by atoms with Gasteiger partial charge in [-0.15, -0.1) is 0 Å². The lowest BCUT2D eigenvalue weighted by Crippen LogP contribution is -2.06. The molecule has 0 saturated carbocycles. The fourth-order valence-electron chi connectivity index (χ4n) is 1.61. The van der Waals surface area contributed by atoms with Crippen LogP contribution in [0.5, 0.6) is 0 Å². The van der Waals surface area contributed by atoms with Gasteiger partial charge in [0.2, 0.25) is 0 Å². The highest BCUT2D eigenvalue weighted by Crippen LogP contribution is 2.24. The van der Waals surface area contributed by atoms with Crippen molar-refractivity contribution in [3.8, 4) is 0 Å². The second-order valence-corrected chi connectivity index (χ2v) is 5.15. The molecule has 2 aromatic rings. The van der Waals surface area contributed by atoms with Gasteiger partial charge in [0.25, 0.3) is 0 Å². The quantitative estimate of drug-likeness (QED) is 0.817. The second-order valence-electron chi connectivity index (χ2n) is 3.91. The molecule has 18 heavy (non-hydrogen) atoms. The number of nitrogens with zero attached hydrogens (tertiary/aromatic N) is 1. The molecule has 1 aromatic heterocycles. The number of benzene rings is 1. The van der Waals surface area contributed by atoms with Crippen LogP contribution in [0.2, 0.25) is 5.15 Å². The monoisotopic (exact) mass is 328 g/mol. The van der Waals surface area contributed by atoms with Crippen LogP contribution in [0.15, 0.2) is 41.0 Å². The Kier molecular flexibility index (Phi) is 4.19. The van der Waals surface area contributed by atoms with Gasteiger partial charge in [-0.05, 0) is 52.7 Å². The Morgan fingerprint density at radius 3 is 2.78 bits per heavy atom. The van der Waals surface area contributed by atoms with Gasteiger partial charge in [0, 0.05) is 17.9 Å². The number of aromatic nitrogens is 1. The average Bonchev–Trinajstić information content (AvgIpc) is 2.32. The van der Waals surface area contributed by atoms with Gasteiger partial charge in [-0.25, -0.2) is 9.37 Å². The Morgan fingerprint density at radius 2 is 2.11 bits per heavy atom. The predicted molar refractivity (Wildman–Crippen MR) is 75.4 cm³/mol. The lowest BCUT2D eigenvalue weighted by molar-refractivity contribution is 0.619. The molecule has 0 amide bonds. The van der Waals surface area contributed by atoms with Crippen LogP contribution >= 0.6 is 27.5 Å². The van der Waals surface area contributed by atoms with Crippen LogP contribution in [0, 0.1) is 5.82 Å². The smallest absolute Gasteiger partial charge is 0.137 e. The normalized spacial score (nSPS) is 12.2. The van der Waals surface area contributed by atoms with E-state index in [1.807, 2.05) is 13.0 Å². The third kappa shape index (κ3) is 3.21. The van der Waals surface area contributed by atoms with Crippen LogP contribution in [0.25, 0.3) is 0 Å². The molecule has 1 unspecified atom stereocenters. The first-order valence-electron chi connectivity index (χ1n) is 5.39. The molecule has 0 aliphatic heterocycles. The minimum absolute atomic E-state index is 0.0420. The van der Waals surface area contributed by atoms with E-state index in [0.29, 0.717) is 9.63 Å². The Labute approximate surface area is 118 Å². The summed E-state index contributed by atoms with van der Waals surface area (Å²) in [6, 6.07) is 8.57. The van der Waals surface area contributed by atoms with E-state index in [9.17, 15) is 4.39 Å². The van der Waals surface area contributed by atoms with Crippen LogP contribution in [0.1, 0.15) is 18.5 Å². The van der Waals surface area contributed by atoms with Crippen molar-refractivity contribution >= 4 is 33.2 Å². The highest BCUT2D eigenvalue weighted by atomic mass is 79.9. The van der Waals surface area contributed by atoms with Crippen molar-refractivity contribution in [1.82, 2.24) is 4.98 Å². The molecular formula is C13H11BrClFN2. The molecule has 0 aliphatic rings. The highest BCUT2D eigenvalue weighted by Gasteiger charge is 2.08. The van der Waals surface area contributed by atoms with Crippen LogP contribution < -0.4 is 5.32 Å². The third-order valence-corrected chi connectivity index (χ3v) is 3.37. The average molecular weight is 330 g/mol. The van der Waals surface area contributed by atoms with Gasteiger partial charge >= 0.3 is 0 Å². The molecule has 0 aliphatic carbocycles. The van der Waals surface area contributed by atoms with E-state index in [4.69, 9.17) is 11.6 Å². The van der Waals surface area contributed by atoms with Crippen molar-refractivity contribution in [2.24, 2.45) is 0 Å². The largest absolute Gasteiger partial charge is 0.378 e. The standard InChI is InChI=1S/C13H11BrClFN2/c1-8(9-2-3-12(16)11(14)6-9)18-10-4-5-17-13(15)7-10/h2-8H,1H3,(H,17,18). The lowest BCUT2D eigenvalue weighted by atomic mass is 10.1. The van der Waals surface area contributed by atoms with E-state index in [-0.39, 0.29) is 11.9 Å². The molecule has 0 spiro atoms. The first-order valence-corrected chi connectivity index (χ1v) is 6.56. The van der Waals surface area contributed by atoms with Crippen molar-refractivity contribution < 1.29 is 4.39 Å². The van der Waals surface area contributed by atoms with Crippen molar-refractivity contribution in [3.05, 3.63) is 57.5 Å². The summed E-state index contributed by atoms with van der Waals surface area (Å²) in [5.74, 6) is -0.266. The van der Waals surface area contributed by atoms with Gasteiger partial charge < -0.3 is 5.32 Å². The zero-order valence-electron chi connectivity index (χ0n) is 9.62. The first-order chi connectivity index (χ1) is 8.56. The zero-order valence-corrected chi connectivity index (χ0v) is 12.0. The molecular weight excluding hydrogens is 319 g/mol. The van der Waals surface area contributed by atoms with Crippen molar-refractivity contribution in [3.63, 3.8) is 0 Å². The molecule has 0 radical (unpaired) electrons. The summed E-state index contributed by atoms with van der Waals surface area (Å²) in [7, 11) is 0. The predicted octanol–water partition coefficient (Wildman–Crippen LogP) is 4.81. The molecule has 0 saturated heterocycles. The van der Waals surface area contributed by atoms with E-state index in [0.717, 1.165) is 11.3 Å². The molecule has 2 rings (SSSR count). The van der Waals surface area contributed by atoms with E-state index in [1.165, 1.54) is 6.07 Å². The van der Waals surface area contributed by atoms with Gasteiger partial charge in [-0.1, -0.05) is 17.7 Å². The van der Waals surface area contributed by atoms with Gasteiger partial charge in [-0.2, -0.15) is 0 Å². The molecule has 5 heteroatoms. The second kappa shape index (κ2) is 5.67. The number of pyridine rings is 1. The number of anilines is 1. The molecule has 1 aromatic carbocycles. The highest BCUT2D eigenvalue weighted by molar-refractivity contribution is 9.10. The Bertz CT molecular complexity index is 562. The van der Waals surface area contributed by atoms with Gasteiger partial charge in [0.15, 0.2) is 0 Å². The summed E-state index contributed by atoms with van der Waals surface area (Å²) < 4.78 is 13.6. The van der Waals surface area contributed by atoms with E-state index in [2.05, 4.69) is 26.2 Å². The topological polar surface area (TPSA) is 24.9 Å². The molecule has 1 heterocycles. The van der Waals surface area contributed by atoms with Gasteiger partial charge in [0.05, 0.1) is 4.47 Å². The van der Waals surface area contributed by atoms with Crippen LogP contribution in [0.4, 0.5) is 10.1 Å². The Balaban J connectivity index is 2.16. The molecule has 1 atom stereocenters. The number of halogens is 3. The van der Waals surface area contributed by atoms with E-state index >= 15 is 0 Å². The maximum absolute atomic E-state index is 13.1. The van der Waals surface area contributed by atoms with Crippen molar-refractivity contribution in [2.75, 3.05) is 5.32 Å². The summed E-state index contributed by atoms with van der Waals surface area (Å²) in [5.41, 5.74) is 1.86. The summed E-state index contributed by atoms with van der Waals surface area (Å²) in [4.78, 5) is 3.91. The fraction of sp³-hybridized carbons (Fsp3) is 0.154. The number of nitrogens with one attached hydrogen (secondary N) is 1. The van der Waals surface area contributed by atoms with Crippen LogP contribution in [-0.4, -0.2) is 4.98 Å². The third-order valence-electron chi connectivity index (χ3n) is 2.55. The maximum atomic E-state index is 13.1. The maximum Gasteiger partial charge on any atom is 0.137 e. The minimum Gasteiger partial charge on any atom is -0.378 e. The van der Waals surface area contributed by atoms with Crippen molar-refractivity contribution in [2.45, 2.75) is 13.0 Å². The zero-order chi connectivity index (χ0) is 13.1. The van der Waals surface area contributed by atoms with Gasteiger partial charge in [0.1, 0.15) is 11.0 Å². The molecule has 0 bridgehead atoms. The number of hydrogen-bond acceptors (Lipinski definition) is 2. The van der Waals surface area contributed by atoms with Gasteiger partial charge in [-0.3, -0.25) is 0 Å².